The highest BCUT2D eigenvalue weighted by Gasteiger charge is 2.27. The molecule has 0 spiro atoms. The fourth-order valence-electron chi connectivity index (χ4n) is 2.99. The van der Waals surface area contributed by atoms with Crippen LogP contribution in [0.25, 0.3) is 0 Å². The molecule has 0 radical (unpaired) electrons. The summed E-state index contributed by atoms with van der Waals surface area (Å²) in [6.07, 6.45) is 0. The molecule has 1 amide bonds. The van der Waals surface area contributed by atoms with E-state index < -0.39 is 22.5 Å². The lowest BCUT2D eigenvalue weighted by molar-refractivity contribution is -0.114. The monoisotopic (exact) mass is 530 g/mol. The summed E-state index contributed by atoms with van der Waals surface area (Å²) in [4.78, 5) is 12.9. The second-order valence-electron chi connectivity index (χ2n) is 7.00. The zero-order valence-electron chi connectivity index (χ0n) is 17.7. The summed E-state index contributed by atoms with van der Waals surface area (Å²) in [6, 6.07) is 24.2. The van der Waals surface area contributed by atoms with Gasteiger partial charge < -0.3 is 0 Å². The minimum absolute atomic E-state index is 0.0679. The molecule has 0 atom stereocenters. The molecular formula is C23H19ClN4O3S3. The Kier molecular flexibility index (Phi) is 7.84. The van der Waals surface area contributed by atoms with Gasteiger partial charge in [0.25, 0.3) is 10.0 Å². The Hall–Kier alpha value is -2.92. The molecule has 0 saturated heterocycles. The van der Waals surface area contributed by atoms with Crippen LogP contribution in [0.15, 0.2) is 94.2 Å². The first-order valence-corrected chi connectivity index (χ1v) is 13.7. The van der Waals surface area contributed by atoms with Gasteiger partial charge in [-0.05, 0) is 35.9 Å². The van der Waals surface area contributed by atoms with Gasteiger partial charge in [0.2, 0.25) is 11.0 Å². The molecule has 0 fully saturated rings. The van der Waals surface area contributed by atoms with Gasteiger partial charge in [-0.3, -0.25) is 14.4 Å². The van der Waals surface area contributed by atoms with E-state index >= 15 is 0 Å². The van der Waals surface area contributed by atoms with Crippen molar-refractivity contribution in [2.75, 3.05) is 16.2 Å². The van der Waals surface area contributed by atoms with Crippen LogP contribution in [-0.4, -0.2) is 31.1 Å². The van der Waals surface area contributed by atoms with Crippen molar-refractivity contribution < 1.29 is 13.2 Å². The molecule has 0 aliphatic carbocycles. The van der Waals surface area contributed by atoms with Crippen molar-refractivity contribution in [3.8, 4) is 0 Å². The van der Waals surface area contributed by atoms with E-state index in [1.807, 2.05) is 30.3 Å². The van der Waals surface area contributed by atoms with Gasteiger partial charge in [0.05, 0.1) is 10.6 Å². The maximum absolute atomic E-state index is 13.3. The lowest BCUT2D eigenvalue weighted by atomic mass is 10.2. The average molecular weight is 531 g/mol. The summed E-state index contributed by atoms with van der Waals surface area (Å²) in [7, 11) is -4.02. The minimum atomic E-state index is -4.02. The van der Waals surface area contributed by atoms with Crippen LogP contribution in [0, 0.1) is 0 Å². The van der Waals surface area contributed by atoms with Crippen LogP contribution in [-0.2, 0) is 20.6 Å². The second kappa shape index (κ2) is 11.0. The Bertz CT molecular complexity index is 1370. The van der Waals surface area contributed by atoms with Crippen molar-refractivity contribution in [3.05, 3.63) is 95.5 Å². The number of hydrogen-bond donors (Lipinski definition) is 1. The van der Waals surface area contributed by atoms with Crippen LogP contribution >= 0.6 is 34.7 Å². The van der Waals surface area contributed by atoms with Crippen LogP contribution in [0.1, 0.15) is 5.56 Å². The summed E-state index contributed by atoms with van der Waals surface area (Å²) >= 11 is 8.82. The molecule has 0 aliphatic heterocycles. The van der Waals surface area contributed by atoms with Gasteiger partial charge in [-0.15, -0.1) is 10.2 Å². The van der Waals surface area contributed by atoms with Crippen LogP contribution < -0.4 is 9.62 Å². The van der Waals surface area contributed by atoms with E-state index in [1.165, 1.54) is 41.3 Å². The number of hydrogen-bond acceptors (Lipinski definition) is 7. The molecule has 174 valence electrons. The van der Waals surface area contributed by atoms with Crippen molar-refractivity contribution in [3.63, 3.8) is 0 Å². The fraction of sp³-hybridized carbons (Fsp3) is 0.0870. The molecule has 1 N–H and O–H groups in total. The Morgan fingerprint density at radius 1 is 0.971 bits per heavy atom. The Balaban J connectivity index is 1.49. The van der Waals surface area contributed by atoms with E-state index in [4.69, 9.17) is 11.6 Å². The van der Waals surface area contributed by atoms with Gasteiger partial charge in [0, 0.05) is 10.8 Å². The Morgan fingerprint density at radius 3 is 2.38 bits per heavy atom. The van der Waals surface area contributed by atoms with Crippen molar-refractivity contribution in [1.82, 2.24) is 10.2 Å². The normalized spacial score (nSPS) is 11.2. The first-order chi connectivity index (χ1) is 16.4. The van der Waals surface area contributed by atoms with Gasteiger partial charge >= 0.3 is 0 Å². The Labute approximate surface area is 210 Å². The number of nitrogens with zero attached hydrogens (tertiary/aromatic N) is 3. The number of anilines is 2. The lowest BCUT2D eigenvalue weighted by Gasteiger charge is -2.24. The molecule has 0 bridgehead atoms. The van der Waals surface area contributed by atoms with Crippen molar-refractivity contribution in [2.45, 2.75) is 15.0 Å². The predicted molar refractivity (Wildman–Crippen MR) is 137 cm³/mol. The molecule has 7 nitrogen and oxygen atoms in total. The average Bonchev–Trinajstić information content (AvgIpc) is 3.29. The summed E-state index contributed by atoms with van der Waals surface area (Å²) in [6.45, 7) is -0.455. The third-order valence-electron chi connectivity index (χ3n) is 4.57. The second-order valence-corrected chi connectivity index (χ2v) is 11.5. The van der Waals surface area contributed by atoms with Crippen LogP contribution in [0.4, 0.5) is 10.8 Å². The van der Waals surface area contributed by atoms with E-state index in [1.54, 1.807) is 36.4 Å². The zero-order chi connectivity index (χ0) is 24.0. The number of thioether (sulfide) groups is 1. The van der Waals surface area contributed by atoms with E-state index in [9.17, 15) is 13.2 Å². The minimum Gasteiger partial charge on any atom is -0.299 e. The topological polar surface area (TPSA) is 92.3 Å². The number of sulfonamides is 1. The first kappa shape index (κ1) is 24.2. The summed E-state index contributed by atoms with van der Waals surface area (Å²) in [5, 5.41) is 11.4. The molecule has 1 heterocycles. The van der Waals surface area contributed by atoms with E-state index in [0.717, 1.165) is 15.6 Å². The van der Waals surface area contributed by atoms with Crippen LogP contribution in [0.2, 0.25) is 5.02 Å². The van der Waals surface area contributed by atoms with Gasteiger partial charge in [0.15, 0.2) is 4.34 Å². The Morgan fingerprint density at radius 2 is 1.68 bits per heavy atom. The summed E-state index contributed by atoms with van der Waals surface area (Å²) in [5.41, 5.74) is 1.43. The van der Waals surface area contributed by atoms with Crippen LogP contribution in [0.3, 0.4) is 0 Å². The van der Waals surface area contributed by atoms with Gasteiger partial charge in [-0.1, -0.05) is 89.3 Å². The molecular weight excluding hydrogens is 512 g/mol. The molecule has 34 heavy (non-hydrogen) atoms. The number of benzene rings is 3. The molecule has 1 aromatic heterocycles. The SMILES string of the molecule is O=C(CN(c1cccc(Cl)c1)S(=O)(=O)c1ccccc1)Nc1nnc(SCc2ccccc2)s1. The summed E-state index contributed by atoms with van der Waals surface area (Å²) in [5.74, 6) is 0.177. The van der Waals surface area contributed by atoms with Crippen molar-refractivity contribution in [2.24, 2.45) is 0 Å². The molecule has 4 aromatic rings. The van der Waals surface area contributed by atoms with Crippen LogP contribution in [0.5, 0.6) is 0 Å². The predicted octanol–water partition coefficient (Wildman–Crippen LogP) is 5.32. The lowest BCUT2D eigenvalue weighted by Crippen LogP contribution is -2.38. The van der Waals surface area contributed by atoms with Gasteiger partial charge in [0.1, 0.15) is 6.54 Å². The van der Waals surface area contributed by atoms with Gasteiger partial charge in [-0.25, -0.2) is 8.42 Å². The maximum Gasteiger partial charge on any atom is 0.264 e. The number of halogens is 1. The third-order valence-corrected chi connectivity index (χ3v) is 8.64. The molecule has 11 heteroatoms. The molecule has 3 aromatic carbocycles. The first-order valence-electron chi connectivity index (χ1n) is 10.1. The molecule has 0 aliphatic rings. The number of amides is 1. The number of aromatic nitrogens is 2. The number of nitrogens with one attached hydrogen (secondary N) is 1. The number of carbonyl (C=O) groups excluding carboxylic acids is 1. The zero-order valence-corrected chi connectivity index (χ0v) is 20.9. The highest BCUT2D eigenvalue weighted by molar-refractivity contribution is 8.00. The molecule has 4 rings (SSSR count). The largest absolute Gasteiger partial charge is 0.299 e. The quantitative estimate of drug-likeness (QED) is 0.233. The van der Waals surface area contributed by atoms with Crippen molar-refractivity contribution in [1.29, 1.82) is 0 Å². The molecule has 0 saturated carbocycles. The maximum atomic E-state index is 13.3. The number of carbonyl (C=O) groups is 1. The third kappa shape index (κ3) is 6.15. The van der Waals surface area contributed by atoms with Crippen molar-refractivity contribution >= 4 is 61.4 Å². The smallest absolute Gasteiger partial charge is 0.264 e. The van der Waals surface area contributed by atoms with E-state index in [0.29, 0.717) is 14.5 Å². The highest BCUT2D eigenvalue weighted by atomic mass is 35.5. The summed E-state index contributed by atoms with van der Waals surface area (Å²) < 4.78 is 28.4. The molecule has 0 unspecified atom stereocenters. The highest BCUT2D eigenvalue weighted by Crippen LogP contribution is 2.29. The standard InChI is InChI=1S/C23H19ClN4O3S3/c24-18-10-7-11-19(14-18)28(34(30,31)20-12-5-2-6-13-20)15-21(29)25-22-26-27-23(33-22)32-16-17-8-3-1-4-9-17/h1-14H,15-16H2,(H,25,26,29). The number of rotatable bonds is 9. The fourth-order valence-corrected chi connectivity index (χ4v) is 6.34. The van der Waals surface area contributed by atoms with E-state index in [-0.39, 0.29) is 10.6 Å². The van der Waals surface area contributed by atoms with E-state index in [2.05, 4.69) is 15.5 Å². The van der Waals surface area contributed by atoms with Gasteiger partial charge in [-0.2, -0.15) is 0 Å².